The summed E-state index contributed by atoms with van der Waals surface area (Å²) in [6.07, 6.45) is 0. The quantitative estimate of drug-likeness (QED) is 0.562. The number of hydrogen-bond acceptors (Lipinski definition) is 2. The first-order chi connectivity index (χ1) is 10.1. The molecule has 0 spiro atoms. The molecule has 1 N–H and O–H groups in total. The van der Waals surface area contributed by atoms with Crippen molar-refractivity contribution >= 4 is 43.7 Å². The summed E-state index contributed by atoms with van der Waals surface area (Å²) in [7, 11) is 0. The van der Waals surface area contributed by atoms with E-state index in [1.165, 1.54) is 21.3 Å². The van der Waals surface area contributed by atoms with Gasteiger partial charge in [0.1, 0.15) is 0 Å². The average Bonchev–Trinajstić information content (AvgIpc) is 2.98. The number of fused-ring (bicyclic) bond motifs is 1. The largest absolute Gasteiger partial charge is 0.377 e. The predicted octanol–water partition coefficient (Wildman–Crippen LogP) is 6.47. The van der Waals surface area contributed by atoms with Gasteiger partial charge in [0.2, 0.25) is 0 Å². The molecule has 0 saturated carbocycles. The van der Waals surface area contributed by atoms with Crippen LogP contribution in [0.2, 0.25) is 0 Å². The van der Waals surface area contributed by atoms with Gasteiger partial charge in [-0.05, 0) is 52.4 Å². The molecule has 2 aromatic carbocycles. The van der Waals surface area contributed by atoms with E-state index in [4.69, 9.17) is 0 Å². The van der Waals surface area contributed by atoms with Crippen LogP contribution >= 0.6 is 27.3 Å². The molecule has 0 saturated heterocycles. The van der Waals surface area contributed by atoms with Crippen LogP contribution in [0.15, 0.2) is 58.4 Å². The van der Waals surface area contributed by atoms with Crippen molar-refractivity contribution in [3.63, 3.8) is 0 Å². The van der Waals surface area contributed by atoms with E-state index >= 15 is 0 Å². The van der Waals surface area contributed by atoms with Crippen LogP contribution in [0.4, 0.5) is 5.69 Å². The smallest absolute Gasteiger partial charge is 0.0629 e. The van der Waals surface area contributed by atoms with Crippen molar-refractivity contribution in [1.82, 2.24) is 0 Å². The molecule has 0 bridgehead atoms. The highest BCUT2D eigenvalue weighted by molar-refractivity contribution is 9.10. The molecule has 1 atom stereocenters. The molecule has 0 aliphatic carbocycles. The highest BCUT2D eigenvalue weighted by Crippen LogP contribution is 2.31. The normalized spacial score (nSPS) is 12.8. The summed E-state index contributed by atoms with van der Waals surface area (Å²) in [4.78, 5) is 1.39. The summed E-state index contributed by atoms with van der Waals surface area (Å²) in [5, 5.41) is 8.35. The SMILES string of the molecule is CC(C)C(Nc1ccc2cc(Br)ccc2c1)c1cccs1. The van der Waals surface area contributed by atoms with Crippen LogP contribution in [-0.4, -0.2) is 0 Å². The molecule has 0 fully saturated rings. The van der Waals surface area contributed by atoms with Gasteiger partial charge < -0.3 is 5.32 Å². The van der Waals surface area contributed by atoms with Gasteiger partial charge in [0.05, 0.1) is 6.04 Å². The van der Waals surface area contributed by atoms with E-state index in [1.54, 1.807) is 0 Å². The van der Waals surface area contributed by atoms with Gasteiger partial charge in [0.15, 0.2) is 0 Å². The number of rotatable bonds is 4. The zero-order chi connectivity index (χ0) is 14.8. The predicted molar refractivity (Wildman–Crippen MR) is 97.2 cm³/mol. The summed E-state index contributed by atoms with van der Waals surface area (Å²) in [6.45, 7) is 4.52. The Bertz CT molecular complexity index is 734. The van der Waals surface area contributed by atoms with Gasteiger partial charge in [-0.3, -0.25) is 0 Å². The van der Waals surface area contributed by atoms with E-state index in [2.05, 4.69) is 89.0 Å². The molecule has 0 aliphatic heterocycles. The minimum absolute atomic E-state index is 0.359. The molecule has 1 aromatic heterocycles. The second-order valence-electron chi connectivity index (χ2n) is 5.59. The van der Waals surface area contributed by atoms with Crippen molar-refractivity contribution in [2.45, 2.75) is 19.9 Å². The molecule has 1 nitrogen and oxygen atoms in total. The molecule has 0 radical (unpaired) electrons. The van der Waals surface area contributed by atoms with E-state index in [0.29, 0.717) is 12.0 Å². The topological polar surface area (TPSA) is 12.0 Å². The van der Waals surface area contributed by atoms with Crippen molar-refractivity contribution in [3.8, 4) is 0 Å². The third-order valence-corrected chi connectivity index (χ3v) is 5.09. The van der Waals surface area contributed by atoms with Crippen LogP contribution < -0.4 is 5.32 Å². The Labute approximate surface area is 138 Å². The van der Waals surface area contributed by atoms with E-state index in [1.807, 2.05) is 11.3 Å². The second kappa shape index (κ2) is 6.20. The molecule has 3 aromatic rings. The van der Waals surface area contributed by atoms with Crippen molar-refractivity contribution in [3.05, 3.63) is 63.3 Å². The zero-order valence-corrected chi connectivity index (χ0v) is 14.5. The summed E-state index contributed by atoms with van der Waals surface area (Å²) < 4.78 is 1.12. The number of thiophene rings is 1. The third-order valence-electron chi connectivity index (χ3n) is 3.64. The van der Waals surface area contributed by atoms with E-state index in [-0.39, 0.29) is 0 Å². The third kappa shape index (κ3) is 3.30. The van der Waals surface area contributed by atoms with Crippen LogP contribution in [0.3, 0.4) is 0 Å². The molecular weight excluding hydrogens is 342 g/mol. The first-order valence-electron chi connectivity index (χ1n) is 7.13. The maximum absolute atomic E-state index is 3.69. The van der Waals surface area contributed by atoms with Gasteiger partial charge in [0.25, 0.3) is 0 Å². The fourth-order valence-electron chi connectivity index (χ4n) is 2.52. The maximum Gasteiger partial charge on any atom is 0.0629 e. The van der Waals surface area contributed by atoms with Gasteiger partial charge >= 0.3 is 0 Å². The van der Waals surface area contributed by atoms with Gasteiger partial charge in [-0.1, -0.05) is 48.0 Å². The molecule has 1 heterocycles. The van der Waals surface area contributed by atoms with Crippen molar-refractivity contribution in [1.29, 1.82) is 0 Å². The monoisotopic (exact) mass is 359 g/mol. The molecule has 21 heavy (non-hydrogen) atoms. The van der Waals surface area contributed by atoms with Crippen molar-refractivity contribution in [2.24, 2.45) is 5.92 Å². The lowest BCUT2D eigenvalue weighted by Gasteiger charge is -2.22. The summed E-state index contributed by atoms with van der Waals surface area (Å²) >= 11 is 5.34. The van der Waals surface area contributed by atoms with Crippen LogP contribution in [0.1, 0.15) is 24.8 Å². The maximum atomic E-state index is 3.69. The van der Waals surface area contributed by atoms with Crippen molar-refractivity contribution < 1.29 is 0 Å². The fraction of sp³-hybridized carbons (Fsp3) is 0.222. The Hall–Kier alpha value is -1.32. The number of halogens is 1. The number of benzene rings is 2. The second-order valence-corrected chi connectivity index (χ2v) is 7.48. The van der Waals surface area contributed by atoms with E-state index in [9.17, 15) is 0 Å². The van der Waals surface area contributed by atoms with Crippen molar-refractivity contribution in [2.75, 3.05) is 5.32 Å². The first kappa shape index (κ1) is 14.6. The Morgan fingerprint density at radius 2 is 1.76 bits per heavy atom. The van der Waals surface area contributed by atoms with Gasteiger partial charge in [-0.25, -0.2) is 0 Å². The number of anilines is 1. The van der Waals surface area contributed by atoms with Gasteiger partial charge in [0, 0.05) is 15.0 Å². The molecule has 3 rings (SSSR count). The van der Waals surface area contributed by atoms with Gasteiger partial charge in [-0.15, -0.1) is 11.3 Å². The number of hydrogen-bond donors (Lipinski definition) is 1. The zero-order valence-electron chi connectivity index (χ0n) is 12.1. The Morgan fingerprint density at radius 3 is 2.48 bits per heavy atom. The summed E-state index contributed by atoms with van der Waals surface area (Å²) in [5.74, 6) is 0.546. The molecule has 1 unspecified atom stereocenters. The Balaban J connectivity index is 1.91. The minimum Gasteiger partial charge on any atom is -0.377 e. The van der Waals surface area contributed by atoms with E-state index < -0.39 is 0 Å². The number of nitrogens with one attached hydrogen (secondary N) is 1. The molecule has 3 heteroatoms. The molecule has 0 aliphatic rings. The molecular formula is C18H18BrNS. The molecule has 0 amide bonds. The van der Waals surface area contributed by atoms with E-state index in [0.717, 1.165) is 4.47 Å². The Morgan fingerprint density at radius 1 is 1.00 bits per heavy atom. The summed E-state index contributed by atoms with van der Waals surface area (Å²) in [5.41, 5.74) is 1.18. The highest BCUT2D eigenvalue weighted by atomic mass is 79.9. The lowest BCUT2D eigenvalue weighted by atomic mass is 10.0. The van der Waals surface area contributed by atoms with Crippen LogP contribution in [0, 0.1) is 5.92 Å². The van der Waals surface area contributed by atoms with Crippen LogP contribution in [0.5, 0.6) is 0 Å². The van der Waals surface area contributed by atoms with Crippen LogP contribution in [-0.2, 0) is 0 Å². The Kier molecular flexibility index (Phi) is 4.32. The molecule has 108 valence electrons. The van der Waals surface area contributed by atoms with Crippen LogP contribution in [0.25, 0.3) is 10.8 Å². The lowest BCUT2D eigenvalue weighted by Crippen LogP contribution is -2.15. The summed E-state index contributed by atoms with van der Waals surface area (Å²) in [6, 6.07) is 17.6. The minimum atomic E-state index is 0.359. The standard InChI is InChI=1S/C18H18BrNS/c1-12(2)18(17-4-3-9-21-17)20-16-8-6-13-10-15(19)7-5-14(13)11-16/h3-12,18,20H,1-2H3. The first-order valence-corrected chi connectivity index (χ1v) is 8.80. The lowest BCUT2D eigenvalue weighted by molar-refractivity contribution is 0.554. The fourth-order valence-corrected chi connectivity index (χ4v) is 3.85. The van der Waals surface area contributed by atoms with Gasteiger partial charge in [-0.2, -0.15) is 0 Å². The highest BCUT2D eigenvalue weighted by Gasteiger charge is 2.16. The average molecular weight is 360 g/mol.